The van der Waals surface area contributed by atoms with Gasteiger partial charge in [0.15, 0.2) is 0 Å². The minimum atomic E-state index is -0.244. The lowest BCUT2D eigenvalue weighted by molar-refractivity contribution is 0.0946. The van der Waals surface area contributed by atoms with Crippen LogP contribution in [0.4, 0.5) is 11.6 Å². The van der Waals surface area contributed by atoms with Gasteiger partial charge in [-0.15, -0.1) is 0 Å². The fraction of sp³-hybridized carbons (Fsp3) is 0.238. The molecular formula is C21H23N5O. The molecule has 6 heteroatoms. The van der Waals surface area contributed by atoms with Crippen molar-refractivity contribution in [3.63, 3.8) is 0 Å². The Morgan fingerprint density at radius 2 is 1.85 bits per heavy atom. The summed E-state index contributed by atoms with van der Waals surface area (Å²) < 4.78 is 0. The van der Waals surface area contributed by atoms with Crippen LogP contribution in [0.2, 0.25) is 0 Å². The van der Waals surface area contributed by atoms with E-state index >= 15 is 0 Å². The van der Waals surface area contributed by atoms with Gasteiger partial charge in [-0.25, -0.2) is 9.97 Å². The summed E-state index contributed by atoms with van der Waals surface area (Å²) in [6.45, 7) is 6.75. The van der Waals surface area contributed by atoms with Crippen molar-refractivity contribution in [1.29, 1.82) is 0 Å². The molecule has 1 aromatic carbocycles. The second kappa shape index (κ2) is 8.40. The minimum Gasteiger partial charge on any atom is -0.347 e. The first-order valence-electron chi connectivity index (χ1n) is 8.91. The van der Waals surface area contributed by atoms with Crippen LogP contribution >= 0.6 is 0 Å². The summed E-state index contributed by atoms with van der Waals surface area (Å²) in [6, 6.07) is 11.5. The van der Waals surface area contributed by atoms with E-state index in [0.29, 0.717) is 24.1 Å². The normalized spacial score (nSPS) is 10.7. The third-order valence-electron chi connectivity index (χ3n) is 4.25. The molecule has 0 bridgehead atoms. The molecular weight excluding hydrogens is 338 g/mol. The Kier molecular flexibility index (Phi) is 5.76. The van der Waals surface area contributed by atoms with Crippen LogP contribution in [-0.4, -0.2) is 20.9 Å². The lowest BCUT2D eigenvalue weighted by Gasteiger charge is -2.16. The molecule has 2 heterocycles. The molecule has 0 aliphatic carbocycles. The summed E-state index contributed by atoms with van der Waals surface area (Å²) in [4.78, 5) is 25.0. The summed E-state index contributed by atoms with van der Waals surface area (Å²) in [7, 11) is 0. The molecule has 0 atom stereocenters. The van der Waals surface area contributed by atoms with Gasteiger partial charge in [0.2, 0.25) is 5.95 Å². The molecule has 2 N–H and O–H groups in total. The number of anilines is 2. The standard InChI is InChI=1S/C21H23N5O/c1-14(2)17-6-4-5-15(3)19(17)26-21-23-12-9-18(25-21)20(27)24-13-16-7-10-22-11-8-16/h4-12,14H,13H2,1-3H3,(H,24,27)(H,23,25,26). The van der Waals surface area contributed by atoms with Gasteiger partial charge in [0, 0.05) is 30.8 Å². The maximum absolute atomic E-state index is 12.4. The van der Waals surface area contributed by atoms with Gasteiger partial charge in [-0.05, 0) is 47.7 Å². The maximum Gasteiger partial charge on any atom is 0.270 e. The van der Waals surface area contributed by atoms with Crippen molar-refractivity contribution in [2.24, 2.45) is 0 Å². The highest BCUT2D eigenvalue weighted by molar-refractivity contribution is 5.92. The van der Waals surface area contributed by atoms with Crippen molar-refractivity contribution >= 4 is 17.5 Å². The Labute approximate surface area is 159 Å². The number of nitrogens with one attached hydrogen (secondary N) is 2. The quantitative estimate of drug-likeness (QED) is 0.694. The molecule has 138 valence electrons. The predicted molar refractivity (Wildman–Crippen MR) is 106 cm³/mol. The lowest BCUT2D eigenvalue weighted by atomic mass is 9.98. The summed E-state index contributed by atoms with van der Waals surface area (Å²) in [5.74, 6) is 0.521. The van der Waals surface area contributed by atoms with Crippen molar-refractivity contribution in [1.82, 2.24) is 20.3 Å². The highest BCUT2D eigenvalue weighted by atomic mass is 16.1. The summed E-state index contributed by atoms with van der Waals surface area (Å²) in [5.41, 5.74) is 4.58. The maximum atomic E-state index is 12.4. The van der Waals surface area contributed by atoms with Crippen LogP contribution in [-0.2, 0) is 6.54 Å². The molecule has 27 heavy (non-hydrogen) atoms. The number of carbonyl (C=O) groups is 1. The van der Waals surface area contributed by atoms with Gasteiger partial charge < -0.3 is 10.6 Å². The largest absolute Gasteiger partial charge is 0.347 e. The lowest BCUT2D eigenvalue weighted by Crippen LogP contribution is -2.24. The molecule has 0 saturated carbocycles. The smallest absolute Gasteiger partial charge is 0.270 e. The highest BCUT2D eigenvalue weighted by Gasteiger charge is 2.12. The summed E-state index contributed by atoms with van der Waals surface area (Å²) in [6.07, 6.45) is 4.98. The number of hydrogen-bond donors (Lipinski definition) is 2. The van der Waals surface area contributed by atoms with Crippen LogP contribution < -0.4 is 10.6 Å². The Morgan fingerprint density at radius 1 is 1.07 bits per heavy atom. The number of nitrogens with zero attached hydrogens (tertiary/aromatic N) is 3. The third-order valence-corrected chi connectivity index (χ3v) is 4.25. The van der Waals surface area contributed by atoms with E-state index in [1.165, 1.54) is 5.56 Å². The average Bonchev–Trinajstić information content (AvgIpc) is 2.68. The number of pyridine rings is 1. The van der Waals surface area contributed by atoms with E-state index in [4.69, 9.17) is 0 Å². The molecule has 2 aromatic heterocycles. The zero-order valence-corrected chi connectivity index (χ0v) is 15.7. The molecule has 0 unspecified atom stereocenters. The second-order valence-electron chi connectivity index (χ2n) is 6.62. The fourth-order valence-electron chi connectivity index (χ4n) is 2.77. The van der Waals surface area contributed by atoms with Crippen molar-refractivity contribution in [3.8, 4) is 0 Å². The van der Waals surface area contributed by atoms with Crippen molar-refractivity contribution < 1.29 is 4.79 Å². The number of aryl methyl sites for hydroxylation is 1. The molecule has 0 aliphatic heterocycles. The van der Waals surface area contributed by atoms with E-state index < -0.39 is 0 Å². The Bertz CT molecular complexity index is 925. The van der Waals surface area contributed by atoms with E-state index in [0.717, 1.165) is 16.8 Å². The van der Waals surface area contributed by atoms with E-state index in [-0.39, 0.29) is 5.91 Å². The molecule has 3 rings (SSSR count). The first-order valence-corrected chi connectivity index (χ1v) is 8.91. The van der Waals surface area contributed by atoms with Gasteiger partial charge in [0.1, 0.15) is 5.69 Å². The van der Waals surface area contributed by atoms with Crippen molar-refractivity contribution in [2.45, 2.75) is 33.2 Å². The van der Waals surface area contributed by atoms with Crippen LogP contribution in [0.1, 0.15) is 46.9 Å². The van der Waals surface area contributed by atoms with E-state index in [1.807, 2.05) is 31.2 Å². The summed E-state index contributed by atoms with van der Waals surface area (Å²) in [5, 5.41) is 6.14. The minimum absolute atomic E-state index is 0.244. The van der Waals surface area contributed by atoms with Gasteiger partial charge in [-0.1, -0.05) is 32.0 Å². The van der Waals surface area contributed by atoms with Crippen LogP contribution in [0.3, 0.4) is 0 Å². The zero-order chi connectivity index (χ0) is 19.2. The summed E-state index contributed by atoms with van der Waals surface area (Å²) >= 11 is 0. The number of aromatic nitrogens is 3. The first kappa shape index (κ1) is 18.5. The Balaban J connectivity index is 1.75. The van der Waals surface area contributed by atoms with Gasteiger partial charge in [-0.2, -0.15) is 0 Å². The van der Waals surface area contributed by atoms with Crippen LogP contribution in [0.25, 0.3) is 0 Å². The highest BCUT2D eigenvalue weighted by Crippen LogP contribution is 2.29. The Hall–Kier alpha value is -3.28. The third kappa shape index (κ3) is 4.67. The number of benzene rings is 1. The molecule has 0 radical (unpaired) electrons. The average molecular weight is 361 g/mol. The van der Waals surface area contributed by atoms with Crippen LogP contribution in [0.15, 0.2) is 55.0 Å². The Morgan fingerprint density at radius 3 is 2.59 bits per heavy atom. The van der Waals surface area contributed by atoms with E-state index in [9.17, 15) is 4.79 Å². The van der Waals surface area contributed by atoms with Crippen molar-refractivity contribution in [3.05, 3.63) is 77.4 Å². The molecule has 6 nitrogen and oxygen atoms in total. The molecule has 0 saturated heterocycles. The monoisotopic (exact) mass is 361 g/mol. The van der Waals surface area contributed by atoms with Crippen LogP contribution in [0, 0.1) is 6.92 Å². The van der Waals surface area contributed by atoms with E-state index in [2.05, 4.69) is 45.5 Å². The van der Waals surface area contributed by atoms with Crippen molar-refractivity contribution in [2.75, 3.05) is 5.32 Å². The van der Waals surface area contributed by atoms with Crippen LogP contribution in [0.5, 0.6) is 0 Å². The number of amides is 1. The van der Waals surface area contributed by atoms with E-state index in [1.54, 1.807) is 24.7 Å². The van der Waals surface area contributed by atoms with Gasteiger partial charge >= 0.3 is 0 Å². The number of carbonyl (C=O) groups excluding carboxylic acids is 1. The molecule has 0 aliphatic rings. The molecule has 0 fully saturated rings. The first-order chi connectivity index (χ1) is 13.0. The fourth-order valence-corrected chi connectivity index (χ4v) is 2.77. The molecule has 3 aromatic rings. The molecule has 1 amide bonds. The second-order valence-corrected chi connectivity index (χ2v) is 6.62. The zero-order valence-electron chi connectivity index (χ0n) is 15.7. The predicted octanol–water partition coefficient (Wildman–Crippen LogP) is 3.98. The number of hydrogen-bond acceptors (Lipinski definition) is 5. The van der Waals surface area contributed by atoms with Gasteiger partial charge in [0.25, 0.3) is 5.91 Å². The number of para-hydroxylation sites is 1. The van der Waals surface area contributed by atoms with Gasteiger partial charge in [0.05, 0.1) is 0 Å². The number of rotatable bonds is 6. The molecule has 0 spiro atoms. The topological polar surface area (TPSA) is 79.8 Å². The van der Waals surface area contributed by atoms with Gasteiger partial charge in [-0.3, -0.25) is 9.78 Å². The SMILES string of the molecule is Cc1cccc(C(C)C)c1Nc1nccc(C(=O)NCc2ccncc2)n1.